The molecule has 1 aliphatic rings. The molecule has 0 amide bonds. The largest absolute Gasteiger partial charge is 0.356 e. The first-order valence-corrected chi connectivity index (χ1v) is 7.34. The van der Waals surface area contributed by atoms with Gasteiger partial charge in [0.25, 0.3) is 0 Å². The third kappa shape index (κ3) is 2.60. The van der Waals surface area contributed by atoms with Crippen LogP contribution in [0.25, 0.3) is 10.8 Å². The predicted molar refractivity (Wildman–Crippen MR) is 81.5 cm³/mol. The maximum atomic E-state index is 8.67. The SMILES string of the molecule is N#CCCC1CCN(c2nccc3ccccc23)CC1. The zero-order valence-corrected chi connectivity index (χ0v) is 11.6. The molecule has 0 N–H and O–H groups in total. The second-order valence-corrected chi connectivity index (χ2v) is 5.48. The number of nitriles is 1. The number of benzene rings is 1. The quantitative estimate of drug-likeness (QED) is 0.848. The average Bonchev–Trinajstić information content (AvgIpc) is 2.53. The van der Waals surface area contributed by atoms with Crippen LogP contribution in [-0.2, 0) is 0 Å². The third-order valence-corrected chi connectivity index (χ3v) is 4.23. The van der Waals surface area contributed by atoms with Crippen LogP contribution < -0.4 is 4.90 Å². The molecular formula is C17H19N3. The molecule has 1 saturated heterocycles. The summed E-state index contributed by atoms with van der Waals surface area (Å²) in [4.78, 5) is 6.99. The van der Waals surface area contributed by atoms with Crippen LogP contribution in [0.2, 0.25) is 0 Å². The minimum atomic E-state index is 0.692. The van der Waals surface area contributed by atoms with Crippen molar-refractivity contribution in [2.45, 2.75) is 25.7 Å². The van der Waals surface area contributed by atoms with Gasteiger partial charge < -0.3 is 4.90 Å². The number of hydrogen-bond donors (Lipinski definition) is 0. The second kappa shape index (κ2) is 5.92. The Labute approximate surface area is 119 Å². The van der Waals surface area contributed by atoms with Crippen molar-refractivity contribution >= 4 is 16.6 Å². The molecule has 3 rings (SSSR count). The highest BCUT2D eigenvalue weighted by Crippen LogP contribution is 2.29. The summed E-state index contributed by atoms with van der Waals surface area (Å²) >= 11 is 0. The molecule has 1 aromatic carbocycles. The topological polar surface area (TPSA) is 39.9 Å². The molecule has 20 heavy (non-hydrogen) atoms. The summed E-state index contributed by atoms with van der Waals surface area (Å²) in [5.74, 6) is 1.82. The van der Waals surface area contributed by atoms with E-state index < -0.39 is 0 Å². The van der Waals surface area contributed by atoms with Gasteiger partial charge in [0.1, 0.15) is 5.82 Å². The fraction of sp³-hybridized carbons (Fsp3) is 0.412. The molecule has 0 atom stereocenters. The van der Waals surface area contributed by atoms with Crippen LogP contribution in [0.4, 0.5) is 5.82 Å². The van der Waals surface area contributed by atoms with Crippen LogP contribution >= 0.6 is 0 Å². The predicted octanol–water partition coefficient (Wildman–Crippen LogP) is 3.75. The molecule has 0 spiro atoms. The summed E-state index contributed by atoms with van der Waals surface area (Å²) < 4.78 is 0. The van der Waals surface area contributed by atoms with E-state index >= 15 is 0 Å². The Kier molecular flexibility index (Phi) is 3.83. The summed E-state index contributed by atoms with van der Waals surface area (Å²) in [7, 11) is 0. The summed E-state index contributed by atoms with van der Waals surface area (Å²) in [6.45, 7) is 2.11. The highest BCUT2D eigenvalue weighted by molar-refractivity contribution is 5.92. The van der Waals surface area contributed by atoms with Gasteiger partial charge in [0.15, 0.2) is 0 Å². The summed E-state index contributed by atoms with van der Waals surface area (Å²) in [5.41, 5.74) is 0. The van der Waals surface area contributed by atoms with Gasteiger partial charge in [-0.05, 0) is 36.6 Å². The Bertz CT molecular complexity index is 616. The second-order valence-electron chi connectivity index (χ2n) is 5.48. The highest BCUT2D eigenvalue weighted by atomic mass is 15.2. The number of pyridine rings is 1. The standard InChI is InChI=1S/C17H19N3/c18-10-3-4-14-8-12-20(13-9-14)17-16-6-2-1-5-15(16)7-11-19-17/h1-2,5-7,11,14H,3-4,8-9,12-13H2. The molecule has 3 heteroatoms. The van der Waals surface area contributed by atoms with Crippen molar-refractivity contribution < 1.29 is 0 Å². The summed E-state index contributed by atoms with van der Waals surface area (Å²) in [5, 5.41) is 11.2. The van der Waals surface area contributed by atoms with E-state index in [1.165, 1.54) is 23.6 Å². The van der Waals surface area contributed by atoms with Gasteiger partial charge >= 0.3 is 0 Å². The molecule has 0 saturated carbocycles. The summed E-state index contributed by atoms with van der Waals surface area (Å²) in [6, 6.07) is 12.8. The van der Waals surface area contributed by atoms with Crippen molar-refractivity contribution in [2.75, 3.05) is 18.0 Å². The first-order valence-electron chi connectivity index (χ1n) is 7.34. The fourth-order valence-electron chi connectivity index (χ4n) is 3.06. The van der Waals surface area contributed by atoms with Crippen LogP contribution in [0.5, 0.6) is 0 Å². The molecule has 2 heterocycles. The number of nitrogens with zero attached hydrogens (tertiary/aromatic N) is 3. The van der Waals surface area contributed by atoms with Crippen molar-refractivity contribution in [1.82, 2.24) is 4.98 Å². The maximum Gasteiger partial charge on any atom is 0.136 e. The van der Waals surface area contributed by atoms with Gasteiger partial charge in [-0.1, -0.05) is 24.3 Å². The zero-order valence-electron chi connectivity index (χ0n) is 11.6. The first kappa shape index (κ1) is 12.9. The van der Waals surface area contributed by atoms with E-state index in [-0.39, 0.29) is 0 Å². The third-order valence-electron chi connectivity index (χ3n) is 4.23. The molecule has 102 valence electrons. The summed E-state index contributed by atoms with van der Waals surface area (Å²) in [6.07, 6.45) is 5.99. The van der Waals surface area contributed by atoms with E-state index in [4.69, 9.17) is 5.26 Å². The first-order chi connectivity index (χ1) is 9.88. The van der Waals surface area contributed by atoms with Gasteiger partial charge in [-0.15, -0.1) is 0 Å². The van der Waals surface area contributed by atoms with Crippen molar-refractivity contribution in [3.63, 3.8) is 0 Å². The number of hydrogen-bond acceptors (Lipinski definition) is 3. The Morgan fingerprint density at radius 3 is 2.80 bits per heavy atom. The monoisotopic (exact) mass is 265 g/mol. The number of piperidine rings is 1. The lowest BCUT2D eigenvalue weighted by atomic mass is 9.92. The molecule has 1 aromatic heterocycles. The van der Waals surface area contributed by atoms with E-state index in [1.807, 2.05) is 6.20 Å². The smallest absolute Gasteiger partial charge is 0.136 e. The molecule has 0 unspecified atom stereocenters. The van der Waals surface area contributed by atoms with Gasteiger partial charge in [0.2, 0.25) is 0 Å². The van der Waals surface area contributed by atoms with Gasteiger partial charge in [-0.25, -0.2) is 4.98 Å². The van der Waals surface area contributed by atoms with Crippen LogP contribution in [0.15, 0.2) is 36.5 Å². The van der Waals surface area contributed by atoms with E-state index in [9.17, 15) is 0 Å². The normalized spacial score (nSPS) is 16.2. The lowest BCUT2D eigenvalue weighted by molar-refractivity contribution is 0.384. The van der Waals surface area contributed by atoms with Crippen LogP contribution in [0.3, 0.4) is 0 Å². The number of anilines is 1. The Morgan fingerprint density at radius 1 is 1.20 bits per heavy atom. The molecule has 0 aliphatic carbocycles. The molecular weight excluding hydrogens is 246 g/mol. The molecule has 0 bridgehead atoms. The van der Waals surface area contributed by atoms with Crippen molar-refractivity contribution in [3.8, 4) is 6.07 Å². The minimum absolute atomic E-state index is 0.692. The lowest BCUT2D eigenvalue weighted by Gasteiger charge is -2.33. The zero-order chi connectivity index (χ0) is 13.8. The average molecular weight is 265 g/mol. The van der Waals surface area contributed by atoms with E-state index in [2.05, 4.69) is 46.3 Å². The fourth-order valence-corrected chi connectivity index (χ4v) is 3.06. The Morgan fingerprint density at radius 2 is 2.00 bits per heavy atom. The Hall–Kier alpha value is -2.08. The molecule has 0 radical (unpaired) electrons. The molecule has 3 nitrogen and oxygen atoms in total. The number of fused-ring (bicyclic) bond motifs is 1. The van der Waals surface area contributed by atoms with Gasteiger partial charge in [0.05, 0.1) is 6.07 Å². The minimum Gasteiger partial charge on any atom is -0.356 e. The van der Waals surface area contributed by atoms with Gasteiger partial charge in [0, 0.05) is 31.1 Å². The lowest BCUT2D eigenvalue weighted by Crippen LogP contribution is -2.34. The van der Waals surface area contributed by atoms with Crippen molar-refractivity contribution in [1.29, 1.82) is 5.26 Å². The number of rotatable bonds is 3. The van der Waals surface area contributed by atoms with E-state index in [0.717, 1.165) is 25.3 Å². The molecule has 2 aromatic rings. The van der Waals surface area contributed by atoms with Gasteiger partial charge in [-0.2, -0.15) is 5.26 Å². The van der Waals surface area contributed by atoms with Gasteiger partial charge in [-0.3, -0.25) is 0 Å². The van der Waals surface area contributed by atoms with Crippen molar-refractivity contribution in [2.24, 2.45) is 5.92 Å². The van der Waals surface area contributed by atoms with E-state index in [1.54, 1.807) is 0 Å². The highest BCUT2D eigenvalue weighted by Gasteiger charge is 2.20. The maximum absolute atomic E-state index is 8.67. The molecule has 1 fully saturated rings. The van der Waals surface area contributed by atoms with Crippen molar-refractivity contribution in [3.05, 3.63) is 36.5 Å². The number of aromatic nitrogens is 1. The van der Waals surface area contributed by atoms with Crippen LogP contribution in [0.1, 0.15) is 25.7 Å². The van der Waals surface area contributed by atoms with Crippen LogP contribution in [-0.4, -0.2) is 18.1 Å². The Balaban J connectivity index is 1.75. The van der Waals surface area contributed by atoms with E-state index in [0.29, 0.717) is 12.3 Å². The molecule has 1 aliphatic heterocycles. The van der Waals surface area contributed by atoms with Crippen LogP contribution in [0, 0.1) is 17.2 Å².